The zero-order chi connectivity index (χ0) is 16.0. The lowest BCUT2D eigenvalue weighted by Crippen LogP contribution is -2.52. The maximum absolute atomic E-state index is 13.2. The predicted molar refractivity (Wildman–Crippen MR) is 80.2 cm³/mol. The Bertz CT molecular complexity index is 492. The van der Waals surface area contributed by atoms with Crippen molar-refractivity contribution < 1.29 is 19.0 Å². The zero-order valence-electron chi connectivity index (χ0n) is 13.1. The molecule has 0 heterocycles. The molecule has 2 N–H and O–H groups in total. The first-order valence-corrected chi connectivity index (χ1v) is 7.19. The van der Waals surface area contributed by atoms with E-state index in [4.69, 9.17) is 4.74 Å². The molecule has 0 aliphatic rings. The van der Waals surface area contributed by atoms with Crippen LogP contribution in [0.4, 0.5) is 4.39 Å². The molecule has 0 saturated heterocycles. The van der Waals surface area contributed by atoms with Gasteiger partial charge in [-0.25, -0.2) is 4.39 Å². The van der Waals surface area contributed by atoms with Gasteiger partial charge in [-0.1, -0.05) is 6.92 Å². The summed E-state index contributed by atoms with van der Waals surface area (Å²) in [5, 5.41) is 12.4. The van der Waals surface area contributed by atoms with E-state index in [9.17, 15) is 14.3 Å². The van der Waals surface area contributed by atoms with E-state index in [2.05, 4.69) is 5.32 Å². The lowest BCUT2D eigenvalue weighted by molar-refractivity contribution is -0.145. The Kier molecular flexibility index (Phi) is 6.15. The van der Waals surface area contributed by atoms with Gasteiger partial charge in [0, 0.05) is 6.42 Å². The summed E-state index contributed by atoms with van der Waals surface area (Å²) in [5.41, 5.74) is -0.533. The number of hydrogen-bond acceptors (Lipinski definition) is 3. The van der Waals surface area contributed by atoms with Crippen LogP contribution in [0.5, 0.6) is 5.75 Å². The number of ether oxygens (including phenoxy) is 1. The Morgan fingerprint density at radius 2 is 2.19 bits per heavy atom. The summed E-state index contributed by atoms with van der Waals surface area (Å²) in [5.74, 6) is -0.638. The second-order valence-electron chi connectivity index (χ2n) is 5.61. The molecule has 0 spiro atoms. The van der Waals surface area contributed by atoms with Crippen LogP contribution in [-0.4, -0.2) is 29.3 Å². The van der Waals surface area contributed by atoms with Gasteiger partial charge in [0.05, 0.1) is 6.10 Å². The van der Waals surface area contributed by atoms with E-state index in [0.717, 1.165) is 6.42 Å². The number of carboxylic acid groups (broad SMARTS) is 1. The third-order valence-corrected chi connectivity index (χ3v) is 3.40. The number of carbonyl (C=O) groups is 1. The molecule has 4 nitrogen and oxygen atoms in total. The molecule has 1 aromatic carbocycles. The van der Waals surface area contributed by atoms with Crippen LogP contribution in [-0.2, 0) is 4.79 Å². The fourth-order valence-corrected chi connectivity index (χ4v) is 2.18. The van der Waals surface area contributed by atoms with Gasteiger partial charge in [-0.3, -0.25) is 4.79 Å². The number of rotatable bonds is 8. The Hall–Kier alpha value is -1.62. The second-order valence-corrected chi connectivity index (χ2v) is 5.61. The molecule has 0 aromatic heterocycles. The minimum absolute atomic E-state index is 0.282. The fraction of sp³-hybridized carbons (Fsp3) is 0.562. The van der Waals surface area contributed by atoms with Crippen LogP contribution in [0.25, 0.3) is 0 Å². The lowest BCUT2D eigenvalue weighted by atomic mass is 9.94. The van der Waals surface area contributed by atoms with E-state index in [1.807, 2.05) is 13.8 Å². The van der Waals surface area contributed by atoms with Crippen LogP contribution in [0.3, 0.4) is 0 Å². The van der Waals surface area contributed by atoms with Gasteiger partial charge in [0.15, 0.2) is 0 Å². The van der Waals surface area contributed by atoms with E-state index in [-0.39, 0.29) is 11.9 Å². The highest BCUT2D eigenvalue weighted by Crippen LogP contribution is 2.21. The maximum atomic E-state index is 13.2. The average Bonchev–Trinajstić information content (AvgIpc) is 2.40. The maximum Gasteiger partial charge on any atom is 0.323 e. The molecule has 118 valence electrons. The minimum Gasteiger partial charge on any atom is -0.491 e. The lowest BCUT2D eigenvalue weighted by Gasteiger charge is -2.29. The van der Waals surface area contributed by atoms with E-state index in [1.165, 1.54) is 6.07 Å². The van der Waals surface area contributed by atoms with Crippen molar-refractivity contribution in [2.45, 2.75) is 52.2 Å². The summed E-state index contributed by atoms with van der Waals surface area (Å²) in [7, 11) is 0. The van der Waals surface area contributed by atoms with Crippen molar-refractivity contribution >= 4 is 5.97 Å². The molecule has 0 aliphatic carbocycles. The van der Waals surface area contributed by atoms with Gasteiger partial charge in [0.2, 0.25) is 0 Å². The smallest absolute Gasteiger partial charge is 0.323 e. The predicted octanol–water partition coefficient (Wildman–Crippen LogP) is 3.13. The summed E-state index contributed by atoms with van der Waals surface area (Å²) in [6, 6.07) is 4.52. The van der Waals surface area contributed by atoms with Crippen LogP contribution in [0.1, 0.15) is 39.2 Å². The molecule has 0 saturated carbocycles. The Morgan fingerprint density at radius 1 is 1.52 bits per heavy atom. The number of nitrogens with one attached hydrogen (secondary N) is 1. The average molecular weight is 297 g/mol. The van der Waals surface area contributed by atoms with Gasteiger partial charge in [-0.2, -0.15) is 0 Å². The number of benzene rings is 1. The molecule has 5 heteroatoms. The first kappa shape index (κ1) is 17.4. The number of aryl methyl sites for hydroxylation is 1. The molecule has 2 atom stereocenters. The quantitative estimate of drug-likeness (QED) is 0.774. The monoisotopic (exact) mass is 297 g/mol. The molecule has 0 bridgehead atoms. The summed E-state index contributed by atoms with van der Waals surface area (Å²) in [4.78, 5) is 11.4. The van der Waals surface area contributed by atoms with Crippen molar-refractivity contribution in [2.24, 2.45) is 0 Å². The summed E-state index contributed by atoms with van der Waals surface area (Å²) >= 11 is 0. The number of carboxylic acids is 1. The molecule has 1 aromatic rings. The number of aliphatic carboxylic acids is 1. The largest absolute Gasteiger partial charge is 0.491 e. The first-order valence-electron chi connectivity index (χ1n) is 7.19. The van der Waals surface area contributed by atoms with Crippen LogP contribution >= 0.6 is 0 Å². The number of hydrogen-bond donors (Lipinski definition) is 2. The molecule has 1 rings (SSSR count). The Morgan fingerprint density at radius 3 is 2.71 bits per heavy atom. The van der Waals surface area contributed by atoms with Gasteiger partial charge >= 0.3 is 5.97 Å². The van der Waals surface area contributed by atoms with Gasteiger partial charge in [-0.15, -0.1) is 0 Å². The van der Waals surface area contributed by atoms with E-state index in [1.54, 1.807) is 26.0 Å². The topological polar surface area (TPSA) is 58.6 Å². The fourth-order valence-electron chi connectivity index (χ4n) is 2.18. The summed E-state index contributed by atoms with van der Waals surface area (Å²) < 4.78 is 18.9. The molecule has 21 heavy (non-hydrogen) atoms. The van der Waals surface area contributed by atoms with Crippen molar-refractivity contribution in [3.63, 3.8) is 0 Å². The van der Waals surface area contributed by atoms with Crippen LogP contribution in [0.2, 0.25) is 0 Å². The van der Waals surface area contributed by atoms with Gasteiger partial charge in [0.1, 0.15) is 17.1 Å². The van der Waals surface area contributed by atoms with Gasteiger partial charge in [0.25, 0.3) is 0 Å². The van der Waals surface area contributed by atoms with Crippen LogP contribution in [0.15, 0.2) is 18.2 Å². The first-order chi connectivity index (χ1) is 9.78. The third-order valence-electron chi connectivity index (χ3n) is 3.40. The van der Waals surface area contributed by atoms with Crippen molar-refractivity contribution in [2.75, 3.05) is 6.54 Å². The van der Waals surface area contributed by atoms with Crippen LogP contribution < -0.4 is 10.1 Å². The normalized spacial score (nSPS) is 15.3. The Balaban J connectivity index is 2.71. The molecule has 0 aliphatic heterocycles. The van der Waals surface area contributed by atoms with Crippen molar-refractivity contribution in [3.05, 3.63) is 29.6 Å². The van der Waals surface area contributed by atoms with E-state index < -0.39 is 11.5 Å². The molecule has 0 amide bonds. The highest BCUT2D eigenvalue weighted by atomic mass is 19.1. The van der Waals surface area contributed by atoms with Crippen LogP contribution in [0, 0.1) is 12.7 Å². The van der Waals surface area contributed by atoms with Crippen molar-refractivity contribution in [3.8, 4) is 5.75 Å². The number of halogens is 1. The molecular weight excluding hydrogens is 273 g/mol. The van der Waals surface area contributed by atoms with Gasteiger partial charge in [-0.05, 0) is 57.5 Å². The molecule has 0 radical (unpaired) electrons. The second kappa shape index (κ2) is 7.41. The minimum atomic E-state index is -1.04. The molecular formula is C16H24FNO3. The highest BCUT2D eigenvalue weighted by Gasteiger charge is 2.34. The van der Waals surface area contributed by atoms with Crippen molar-refractivity contribution in [1.82, 2.24) is 5.32 Å². The standard InChI is InChI=1S/C16H24FNO3/c1-5-8-18-16(4,15(19)20)10-12(3)21-13-6-7-14(17)11(2)9-13/h6-7,9,12,18H,5,8,10H2,1-4H3,(H,19,20). The SMILES string of the molecule is CCCNC(C)(CC(C)Oc1ccc(F)c(C)c1)C(=O)O. The molecule has 0 fully saturated rings. The van der Waals surface area contributed by atoms with E-state index in [0.29, 0.717) is 24.3 Å². The third kappa shape index (κ3) is 5.01. The zero-order valence-corrected chi connectivity index (χ0v) is 13.1. The summed E-state index contributed by atoms with van der Waals surface area (Å²) in [6.45, 7) is 7.74. The summed E-state index contributed by atoms with van der Waals surface area (Å²) in [6.07, 6.45) is 0.869. The van der Waals surface area contributed by atoms with Crippen molar-refractivity contribution in [1.29, 1.82) is 0 Å². The highest BCUT2D eigenvalue weighted by molar-refractivity contribution is 5.78. The Labute approximate surface area is 125 Å². The van der Waals surface area contributed by atoms with E-state index >= 15 is 0 Å². The van der Waals surface area contributed by atoms with Gasteiger partial charge < -0.3 is 15.2 Å². The molecule has 2 unspecified atom stereocenters.